The smallest absolute Gasteiger partial charge is 0.164 e. The number of hydrogen-bond donors (Lipinski definition) is 0. The Balaban J connectivity index is 1.41. The molecule has 0 bridgehead atoms. The van der Waals surface area contributed by atoms with Crippen LogP contribution in [0.4, 0.5) is 17.1 Å². The van der Waals surface area contributed by atoms with Crippen LogP contribution in [-0.4, -0.2) is 15.0 Å². The zero-order valence-corrected chi connectivity index (χ0v) is 21.5. The molecule has 0 unspecified atom stereocenters. The quantitative estimate of drug-likeness (QED) is 0.211. The first-order valence-electron chi connectivity index (χ1n) is 12.8. The fraction of sp³-hybridized carbons (Fsp3) is 0.0294. The normalized spacial score (nSPS) is 12.3. The van der Waals surface area contributed by atoms with E-state index in [1.807, 2.05) is 110 Å². The number of rotatable bonds is 6. The summed E-state index contributed by atoms with van der Waals surface area (Å²) in [5.41, 5.74) is 5.51. The van der Waals surface area contributed by atoms with E-state index in [0.717, 1.165) is 39.7 Å². The van der Waals surface area contributed by atoms with Crippen molar-refractivity contribution in [1.82, 2.24) is 15.0 Å². The van der Waals surface area contributed by atoms with Gasteiger partial charge in [0.05, 0.1) is 11.4 Å². The molecule has 2 heterocycles. The number of para-hydroxylation sites is 4. The van der Waals surface area contributed by atoms with Gasteiger partial charge in [-0.3, -0.25) is 0 Å². The lowest BCUT2D eigenvalue weighted by atomic mass is 10.1. The highest BCUT2D eigenvalue weighted by molar-refractivity contribution is 5.86. The molecule has 1 aromatic heterocycles. The average molecular weight is 507 g/mol. The van der Waals surface area contributed by atoms with Crippen LogP contribution in [0.25, 0.3) is 28.3 Å². The molecule has 4 aromatic carbocycles. The molecule has 0 fully saturated rings. The molecule has 0 spiro atoms. The Kier molecular flexibility index (Phi) is 6.54. The Hall–Kier alpha value is -5.29. The first kappa shape index (κ1) is 24.1. The lowest BCUT2D eigenvalue weighted by Crippen LogP contribution is -2.15. The molecular weight excluding hydrogens is 480 g/mol. The summed E-state index contributed by atoms with van der Waals surface area (Å²) in [6.45, 7) is 6.16. The fourth-order valence-electron chi connectivity index (χ4n) is 4.46. The van der Waals surface area contributed by atoms with Crippen LogP contribution in [0.3, 0.4) is 0 Å². The van der Waals surface area contributed by atoms with Crippen molar-refractivity contribution in [3.63, 3.8) is 0 Å². The van der Waals surface area contributed by atoms with Gasteiger partial charge in [0.25, 0.3) is 0 Å². The highest BCUT2D eigenvalue weighted by Crippen LogP contribution is 2.50. The van der Waals surface area contributed by atoms with E-state index in [4.69, 9.17) is 19.7 Å². The van der Waals surface area contributed by atoms with Gasteiger partial charge in [0.2, 0.25) is 0 Å². The van der Waals surface area contributed by atoms with Gasteiger partial charge in [-0.15, -0.1) is 0 Å². The molecule has 1 aliphatic heterocycles. The SMILES string of the molecule is C=C(/C=C\C=C/C)c1nc(-c2ccccc2)nc(-c2ccc(N3c4ccccc4Oc4ccccc43)cc2)n1. The third-order valence-electron chi connectivity index (χ3n) is 6.37. The molecule has 188 valence electrons. The van der Waals surface area contributed by atoms with Crippen LogP contribution in [0.1, 0.15) is 12.7 Å². The van der Waals surface area contributed by atoms with Gasteiger partial charge >= 0.3 is 0 Å². The molecule has 0 amide bonds. The van der Waals surface area contributed by atoms with Crippen molar-refractivity contribution in [3.05, 3.63) is 140 Å². The van der Waals surface area contributed by atoms with Gasteiger partial charge in [-0.05, 0) is 55.5 Å². The number of ether oxygens (including phenoxy) is 1. The van der Waals surface area contributed by atoms with Gasteiger partial charge in [-0.25, -0.2) is 15.0 Å². The van der Waals surface area contributed by atoms with Crippen molar-refractivity contribution in [3.8, 4) is 34.3 Å². The zero-order chi connectivity index (χ0) is 26.6. The molecule has 0 N–H and O–H groups in total. The number of hydrogen-bond acceptors (Lipinski definition) is 5. The van der Waals surface area contributed by atoms with E-state index in [9.17, 15) is 0 Å². The second-order valence-electron chi connectivity index (χ2n) is 9.00. The third kappa shape index (κ3) is 4.86. The number of benzene rings is 4. The van der Waals surface area contributed by atoms with Gasteiger partial charge in [0.15, 0.2) is 29.0 Å². The molecule has 0 radical (unpaired) electrons. The van der Waals surface area contributed by atoms with E-state index in [2.05, 4.69) is 35.7 Å². The molecule has 0 saturated carbocycles. The number of nitrogens with zero attached hydrogens (tertiary/aromatic N) is 4. The lowest BCUT2D eigenvalue weighted by Gasteiger charge is -2.32. The average Bonchev–Trinajstić information content (AvgIpc) is 3.00. The molecule has 0 saturated heterocycles. The van der Waals surface area contributed by atoms with Crippen molar-refractivity contribution < 1.29 is 4.74 Å². The van der Waals surface area contributed by atoms with Gasteiger partial charge in [-0.2, -0.15) is 0 Å². The van der Waals surface area contributed by atoms with E-state index in [0.29, 0.717) is 23.0 Å². The maximum absolute atomic E-state index is 6.16. The molecular formula is C34H26N4O. The Morgan fingerprint density at radius 2 is 1.23 bits per heavy atom. The minimum Gasteiger partial charge on any atom is -0.453 e. The number of fused-ring (bicyclic) bond motifs is 2. The Labute approximate surface area is 228 Å². The van der Waals surface area contributed by atoms with Gasteiger partial charge in [0.1, 0.15) is 0 Å². The summed E-state index contributed by atoms with van der Waals surface area (Å²) in [6.07, 6.45) is 7.75. The second-order valence-corrected chi connectivity index (χ2v) is 9.00. The zero-order valence-electron chi connectivity index (χ0n) is 21.5. The van der Waals surface area contributed by atoms with Crippen molar-refractivity contribution in [2.75, 3.05) is 4.90 Å². The summed E-state index contributed by atoms with van der Waals surface area (Å²) in [4.78, 5) is 16.6. The predicted octanol–water partition coefficient (Wildman–Crippen LogP) is 8.93. The van der Waals surface area contributed by atoms with E-state index in [1.54, 1.807) is 0 Å². The molecule has 0 aliphatic carbocycles. The van der Waals surface area contributed by atoms with Crippen LogP contribution >= 0.6 is 0 Å². The van der Waals surface area contributed by atoms with Crippen molar-refractivity contribution >= 4 is 22.6 Å². The lowest BCUT2D eigenvalue weighted by molar-refractivity contribution is 0.477. The van der Waals surface area contributed by atoms with Crippen LogP contribution in [0.2, 0.25) is 0 Å². The van der Waals surface area contributed by atoms with Crippen molar-refractivity contribution in [2.24, 2.45) is 0 Å². The van der Waals surface area contributed by atoms with E-state index in [-0.39, 0.29) is 0 Å². The second kappa shape index (κ2) is 10.6. The van der Waals surface area contributed by atoms with Gasteiger partial charge in [0, 0.05) is 22.4 Å². The number of allylic oxidation sites excluding steroid dienone is 5. The topological polar surface area (TPSA) is 51.1 Å². The van der Waals surface area contributed by atoms with Crippen LogP contribution in [-0.2, 0) is 0 Å². The Morgan fingerprint density at radius 1 is 0.667 bits per heavy atom. The summed E-state index contributed by atoms with van der Waals surface area (Å²) < 4.78 is 6.16. The maximum Gasteiger partial charge on any atom is 0.164 e. The minimum absolute atomic E-state index is 0.541. The molecule has 5 heteroatoms. The minimum atomic E-state index is 0.541. The van der Waals surface area contributed by atoms with Crippen LogP contribution in [0.5, 0.6) is 11.5 Å². The first-order chi connectivity index (χ1) is 19.2. The van der Waals surface area contributed by atoms with Crippen LogP contribution in [0.15, 0.2) is 134 Å². The third-order valence-corrected chi connectivity index (χ3v) is 6.37. The summed E-state index contributed by atoms with van der Waals surface area (Å²) in [5.74, 6) is 3.38. The highest BCUT2D eigenvalue weighted by atomic mass is 16.5. The molecule has 5 aromatic rings. The van der Waals surface area contributed by atoms with E-state index >= 15 is 0 Å². The highest BCUT2D eigenvalue weighted by Gasteiger charge is 2.25. The van der Waals surface area contributed by atoms with Crippen molar-refractivity contribution in [1.29, 1.82) is 0 Å². The maximum atomic E-state index is 6.16. The molecule has 39 heavy (non-hydrogen) atoms. The molecule has 1 aliphatic rings. The largest absolute Gasteiger partial charge is 0.453 e. The van der Waals surface area contributed by atoms with E-state index < -0.39 is 0 Å². The van der Waals surface area contributed by atoms with E-state index in [1.165, 1.54) is 0 Å². The Bertz CT molecular complexity index is 1660. The summed E-state index contributed by atoms with van der Waals surface area (Å²) in [6, 6.07) is 34.3. The summed E-state index contributed by atoms with van der Waals surface area (Å²) in [5, 5.41) is 0. The predicted molar refractivity (Wildman–Crippen MR) is 158 cm³/mol. The van der Waals surface area contributed by atoms with Crippen LogP contribution < -0.4 is 9.64 Å². The Morgan fingerprint density at radius 3 is 1.85 bits per heavy atom. The summed E-state index contributed by atoms with van der Waals surface area (Å²) >= 11 is 0. The first-order valence-corrected chi connectivity index (χ1v) is 12.8. The van der Waals surface area contributed by atoms with Crippen LogP contribution in [0, 0.1) is 0 Å². The monoisotopic (exact) mass is 506 g/mol. The standard InChI is InChI=1S/C34H26N4O/c1-3-4-6-13-24(2)32-35-33(25-14-7-5-8-15-25)37-34(36-32)26-20-22-27(23-21-26)38-28-16-9-11-18-30(28)39-31-19-12-10-17-29(31)38/h3-23H,2H2,1H3/b4-3-,13-6-. The molecule has 5 nitrogen and oxygen atoms in total. The summed E-state index contributed by atoms with van der Waals surface area (Å²) in [7, 11) is 0. The molecule has 6 rings (SSSR count). The number of anilines is 3. The molecule has 0 atom stereocenters. The van der Waals surface area contributed by atoms with Crippen molar-refractivity contribution in [2.45, 2.75) is 6.92 Å². The van der Waals surface area contributed by atoms with Gasteiger partial charge in [-0.1, -0.05) is 85.5 Å². The fourth-order valence-corrected chi connectivity index (χ4v) is 4.46. The number of aromatic nitrogens is 3. The van der Waals surface area contributed by atoms with Gasteiger partial charge < -0.3 is 9.64 Å².